The standard InChI is InChI=1S/C14H20O2S/c1-16-12-9-13(17-10-12)14(15)11-7-5-3-2-4-6-8-11/h7,9-10,14-15H,2-6,8H2,1H3. The van der Waals surface area contributed by atoms with Crippen molar-refractivity contribution in [3.8, 4) is 5.75 Å². The van der Waals surface area contributed by atoms with E-state index in [0.29, 0.717) is 0 Å². The fourth-order valence-corrected chi connectivity index (χ4v) is 3.11. The molecular weight excluding hydrogens is 232 g/mol. The van der Waals surface area contributed by atoms with Crippen molar-refractivity contribution in [3.63, 3.8) is 0 Å². The number of hydrogen-bond donors (Lipinski definition) is 1. The molecule has 0 radical (unpaired) electrons. The number of thiophene rings is 1. The number of hydrogen-bond acceptors (Lipinski definition) is 3. The number of aliphatic hydroxyl groups is 1. The van der Waals surface area contributed by atoms with Crippen molar-refractivity contribution in [2.45, 2.75) is 44.6 Å². The Hall–Kier alpha value is -0.800. The molecule has 17 heavy (non-hydrogen) atoms. The lowest BCUT2D eigenvalue weighted by Crippen LogP contribution is -2.01. The Morgan fingerprint density at radius 3 is 2.88 bits per heavy atom. The van der Waals surface area contributed by atoms with E-state index in [2.05, 4.69) is 6.08 Å². The fourth-order valence-electron chi connectivity index (χ4n) is 2.23. The highest BCUT2D eigenvalue weighted by molar-refractivity contribution is 7.10. The van der Waals surface area contributed by atoms with E-state index >= 15 is 0 Å². The third kappa shape index (κ3) is 3.33. The Morgan fingerprint density at radius 2 is 2.12 bits per heavy atom. The summed E-state index contributed by atoms with van der Waals surface area (Å²) in [5.74, 6) is 0.843. The summed E-state index contributed by atoms with van der Waals surface area (Å²) in [6, 6.07) is 1.94. The zero-order valence-corrected chi connectivity index (χ0v) is 11.1. The van der Waals surface area contributed by atoms with Crippen molar-refractivity contribution < 1.29 is 9.84 Å². The lowest BCUT2D eigenvalue weighted by atomic mass is 9.96. The van der Waals surface area contributed by atoms with Gasteiger partial charge in [-0.3, -0.25) is 0 Å². The lowest BCUT2D eigenvalue weighted by molar-refractivity contribution is 0.212. The Labute approximate surface area is 107 Å². The normalized spacial score (nSPS) is 19.1. The van der Waals surface area contributed by atoms with Gasteiger partial charge in [0.15, 0.2) is 0 Å². The molecule has 0 saturated heterocycles. The summed E-state index contributed by atoms with van der Waals surface area (Å²) in [5, 5.41) is 12.3. The van der Waals surface area contributed by atoms with Gasteiger partial charge in [0.1, 0.15) is 11.9 Å². The second-order valence-corrected chi connectivity index (χ2v) is 5.47. The summed E-state index contributed by atoms with van der Waals surface area (Å²) < 4.78 is 5.16. The average molecular weight is 252 g/mol. The van der Waals surface area contributed by atoms with E-state index in [-0.39, 0.29) is 0 Å². The number of ether oxygens (including phenoxy) is 1. The van der Waals surface area contributed by atoms with Crippen LogP contribution in [0.1, 0.15) is 49.5 Å². The third-order valence-electron chi connectivity index (χ3n) is 3.28. The van der Waals surface area contributed by atoms with Gasteiger partial charge < -0.3 is 9.84 Å². The van der Waals surface area contributed by atoms with E-state index in [4.69, 9.17) is 4.74 Å². The molecule has 0 spiro atoms. The van der Waals surface area contributed by atoms with Crippen molar-refractivity contribution in [1.29, 1.82) is 0 Å². The minimum atomic E-state index is -0.429. The zero-order chi connectivity index (χ0) is 12.1. The molecule has 0 aromatic carbocycles. The van der Waals surface area contributed by atoms with Crippen LogP contribution < -0.4 is 4.74 Å². The second kappa shape index (κ2) is 6.22. The van der Waals surface area contributed by atoms with E-state index < -0.39 is 6.10 Å². The van der Waals surface area contributed by atoms with Crippen LogP contribution in [-0.4, -0.2) is 12.2 Å². The smallest absolute Gasteiger partial charge is 0.129 e. The monoisotopic (exact) mass is 252 g/mol. The van der Waals surface area contributed by atoms with Gasteiger partial charge in [0.25, 0.3) is 0 Å². The molecule has 0 fully saturated rings. The van der Waals surface area contributed by atoms with Crippen molar-refractivity contribution >= 4 is 11.3 Å². The molecule has 2 nitrogen and oxygen atoms in total. The van der Waals surface area contributed by atoms with Gasteiger partial charge in [-0.15, -0.1) is 11.3 Å². The van der Waals surface area contributed by atoms with Gasteiger partial charge >= 0.3 is 0 Å². The van der Waals surface area contributed by atoms with Crippen LogP contribution in [0, 0.1) is 0 Å². The summed E-state index contributed by atoms with van der Waals surface area (Å²) in [4.78, 5) is 0.994. The number of allylic oxidation sites excluding steroid dienone is 1. The maximum atomic E-state index is 10.4. The van der Waals surface area contributed by atoms with Crippen LogP contribution in [0.3, 0.4) is 0 Å². The Morgan fingerprint density at radius 1 is 1.29 bits per heavy atom. The van der Waals surface area contributed by atoms with Gasteiger partial charge in [-0.1, -0.05) is 18.9 Å². The van der Waals surface area contributed by atoms with E-state index in [1.54, 1.807) is 18.4 Å². The predicted molar refractivity (Wildman–Crippen MR) is 71.6 cm³/mol. The third-order valence-corrected chi connectivity index (χ3v) is 4.24. The van der Waals surface area contributed by atoms with Crippen molar-refractivity contribution in [2.24, 2.45) is 0 Å². The molecule has 1 aromatic rings. The van der Waals surface area contributed by atoms with E-state index in [1.807, 2.05) is 11.4 Å². The van der Waals surface area contributed by atoms with Gasteiger partial charge in [0, 0.05) is 10.3 Å². The molecule has 0 aliphatic heterocycles. The number of methoxy groups -OCH3 is 1. The highest BCUT2D eigenvalue weighted by atomic mass is 32.1. The molecule has 1 atom stereocenters. The van der Waals surface area contributed by atoms with Crippen LogP contribution in [0.25, 0.3) is 0 Å². The largest absolute Gasteiger partial charge is 0.496 e. The zero-order valence-electron chi connectivity index (χ0n) is 10.3. The van der Waals surface area contributed by atoms with Gasteiger partial charge in [0.2, 0.25) is 0 Å². The number of aliphatic hydroxyl groups excluding tert-OH is 1. The Kier molecular flexibility index (Phi) is 4.63. The average Bonchev–Trinajstić information content (AvgIpc) is 2.76. The molecule has 2 rings (SSSR count). The second-order valence-electron chi connectivity index (χ2n) is 4.52. The first kappa shape index (κ1) is 12.7. The van der Waals surface area contributed by atoms with Crippen molar-refractivity contribution in [1.82, 2.24) is 0 Å². The molecule has 0 saturated carbocycles. The lowest BCUT2D eigenvalue weighted by Gasteiger charge is -2.16. The van der Waals surface area contributed by atoms with Crippen molar-refractivity contribution in [2.75, 3.05) is 7.11 Å². The summed E-state index contributed by atoms with van der Waals surface area (Å²) in [6.45, 7) is 0. The van der Waals surface area contributed by atoms with E-state index in [9.17, 15) is 5.11 Å². The molecule has 94 valence electrons. The minimum absolute atomic E-state index is 0.429. The fraction of sp³-hybridized carbons (Fsp3) is 0.571. The van der Waals surface area contributed by atoms with Crippen LogP contribution in [0.5, 0.6) is 5.75 Å². The highest BCUT2D eigenvalue weighted by Gasteiger charge is 2.16. The molecule has 1 unspecified atom stereocenters. The first-order valence-corrected chi connectivity index (χ1v) is 7.18. The van der Waals surface area contributed by atoms with Crippen LogP contribution in [0.2, 0.25) is 0 Å². The molecule has 1 aliphatic rings. The van der Waals surface area contributed by atoms with Crippen LogP contribution in [0.15, 0.2) is 23.1 Å². The van der Waals surface area contributed by atoms with Crippen LogP contribution >= 0.6 is 11.3 Å². The highest BCUT2D eigenvalue weighted by Crippen LogP contribution is 2.34. The molecule has 0 bridgehead atoms. The minimum Gasteiger partial charge on any atom is -0.496 e. The first-order valence-electron chi connectivity index (χ1n) is 6.30. The molecule has 1 heterocycles. The predicted octanol–water partition coefficient (Wildman–Crippen LogP) is 4.07. The summed E-state index contributed by atoms with van der Waals surface area (Å²) >= 11 is 1.57. The van der Waals surface area contributed by atoms with Crippen molar-refractivity contribution in [3.05, 3.63) is 28.0 Å². The van der Waals surface area contributed by atoms with Crippen LogP contribution in [-0.2, 0) is 0 Å². The number of rotatable bonds is 3. The Balaban J connectivity index is 2.08. The molecule has 3 heteroatoms. The van der Waals surface area contributed by atoms with E-state index in [1.165, 1.54) is 31.3 Å². The van der Waals surface area contributed by atoms with Gasteiger partial charge in [0.05, 0.1) is 7.11 Å². The maximum absolute atomic E-state index is 10.4. The van der Waals surface area contributed by atoms with Gasteiger partial charge in [-0.2, -0.15) is 0 Å². The molecule has 0 amide bonds. The summed E-state index contributed by atoms with van der Waals surface area (Å²) in [5.41, 5.74) is 1.19. The quantitative estimate of drug-likeness (QED) is 0.822. The SMILES string of the molecule is COc1csc(C(O)C2=CCCCCCC2)c1. The first-order chi connectivity index (χ1) is 8.31. The molecule has 1 aromatic heterocycles. The molecule has 1 N–H and O–H groups in total. The van der Waals surface area contributed by atoms with Crippen LogP contribution in [0.4, 0.5) is 0 Å². The van der Waals surface area contributed by atoms with Gasteiger partial charge in [-0.25, -0.2) is 0 Å². The molecular formula is C14H20O2S. The topological polar surface area (TPSA) is 29.5 Å². The summed E-state index contributed by atoms with van der Waals surface area (Å²) in [6.07, 6.45) is 9.01. The summed E-state index contributed by atoms with van der Waals surface area (Å²) in [7, 11) is 1.66. The Bertz CT molecular complexity index is 381. The van der Waals surface area contributed by atoms with E-state index in [0.717, 1.165) is 23.5 Å². The van der Waals surface area contributed by atoms with Gasteiger partial charge in [-0.05, 0) is 37.3 Å². The molecule has 1 aliphatic carbocycles. The maximum Gasteiger partial charge on any atom is 0.129 e.